The van der Waals surface area contributed by atoms with Crippen LogP contribution in [-0.2, 0) is 36.8 Å². The van der Waals surface area contributed by atoms with E-state index in [1.165, 1.54) is 11.1 Å². The van der Waals surface area contributed by atoms with Crippen molar-refractivity contribution in [3.8, 4) is 0 Å². The van der Waals surface area contributed by atoms with Crippen LogP contribution in [0, 0.1) is 34.5 Å². The lowest BCUT2D eigenvalue weighted by Gasteiger charge is -2.61. The molecule has 8 nitrogen and oxygen atoms in total. The van der Waals surface area contributed by atoms with Gasteiger partial charge in [0.25, 0.3) is 0 Å². The summed E-state index contributed by atoms with van der Waals surface area (Å²) in [4.78, 5) is 38.9. The van der Waals surface area contributed by atoms with Crippen molar-refractivity contribution >= 4 is 35.4 Å². The summed E-state index contributed by atoms with van der Waals surface area (Å²) >= 11 is 7.28. The molecule has 4 aliphatic carbocycles. The molecule has 4 aliphatic rings. The van der Waals surface area contributed by atoms with Gasteiger partial charge in [0.2, 0.25) is 5.78 Å². The lowest BCUT2D eigenvalue weighted by atomic mass is 9.45. The summed E-state index contributed by atoms with van der Waals surface area (Å²) in [5.41, 5.74) is 0.863. The fraction of sp³-hybridized carbons (Fsp3) is 0.742. The van der Waals surface area contributed by atoms with Crippen LogP contribution in [0.15, 0.2) is 11.8 Å². The van der Waals surface area contributed by atoms with Gasteiger partial charge in [-0.05, 0) is 67.4 Å². The molecular formula is C31H43ClN2O6. The molecule has 0 amide bonds. The maximum atomic E-state index is 14.0. The number of Topliss-reactive ketones (excluding diaryl/α,β-unsaturated/α-hetero) is 1. The topological polar surface area (TPSA) is 108 Å². The predicted molar refractivity (Wildman–Crippen MR) is 150 cm³/mol. The Hall–Kier alpha value is -2.19. The second-order valence-corrected chi connectivity index (χ2v) is 13.5. The van der Waals surface area contributed by atoms with Crippen molar-refractivity contribution in [2.75, 3.05) is 6.61 Å². The first-order chi connectivity index (χ1) is 18.9. The molecule has 3 fully saturated rings. The summed E-state index contributed by atoms with van der Waals surface area (Å²) in [5, 5.41) is 16.4. The minimum atomic E-state index is -1.51. The molecule has 0 unspecified atom stereocenters. The Morgan fingerprint density at radius 1 is 1.18 bits per heavy atom. The molecule has 0 spiro atoms. The number of fused-ring (bicyclic) bond motifs is 6. The van der Waals surface area contributed by atoms with E-state index in [9.17, 15) is 19.5 Å². The zero-order chi connectivity index (χ0) is 29.2. The normalized spacial score (nSPS) is 39.8. The van der Waals surface area contributed by atoms with Crippen molar-refractivity contribution in [1.29, 1.82) is 0 Å². The standard InChI is InChI=1S/C31H43ClN2O6/c1-7-25(37)39-16-24(36)31(40-26(38)8-2)17(4)10-20-27-21(32)11-19-12-22-18(15-33-34(22)9-3)13-29(19,5)28(27)23(35)14-30(20,31)6/h12,15,17,20-21,23,27-28,35H,7-11,13-14,16H2,1-6H3/t17-,20+,21-,23+,27-,28+,29+,30+,31+/m1/s1. The number of rotatable bonds is 7. The molecule has 40 heavy (non-hydrogen) atoms. The molecule has 1 heterocycles. The first-order valence-electron chi connectivity index (χ1n) is 14.9. The van der Waals surface area contributed by atoms with Gasteiger partial charge in [0.05, 0.1) is 18.0 Å². The summed E-state index contributed by atoms with van der Waals surface area (Å²) in [6.07, 6.45) is 6.06. The molecular weight excluding hydrogens is 532 g/mol. The van der Waals surface area contributed by atoms with E-state index in [2.05, 4.69) is 25.0 Å². The van der Waals surface area contributed by atoms with Gasteiger partial charge in [-0.3, -0.25) is 19.1 Å². The second-order valence-electron chi connectivity index (χ2n) is 12.9. The van der Waals surface area contributed by atoms with Crippen molar-refractivity contribution in [3.05, 3.63) is 23.0 Å². The number of hydrogen-bond acceptors (Lipinski definition) is 7. The highest BCUT2D eigenvalue weighted by atomic mass is 35.5. The van der Waals surface area contributed by atoms with Crippen molar-refractivity contribution in [2.24, 2.45) is 34.5 Å². The van der Waals surface area contributed by atoms with Crippen LogP contribution < -0.4 is 0 Å². The molecule has 0 radical (unpaired) electrons. The van der Waals surface area contributed by atoms with Crippen LogP contribution in [-0.4, -0.2) is 56.3 Å². The third-order valence-corrected chi connectivity index (χ3v) is 11.4. The lowest BCUT2D eigenvalue weighted by Crippen LogP contribution is -2.66. The number of nitrogens with zero attached hydrogens (tertiary/aromatic N) is 2. The number of ether oxygens (including phenoxy) is 2. The van der Waals surface area contributed by atoms with Crippen molar-refractivity contribution in [3.63, 3.8) is 0 Å². The fourth-order valence-corrected chi connectivity index (χ4v) is 9.70. The average molecular weight is 575 g/mol. The summed E-state index contributed by atoms with van der Waals surface area (Å²) in [5.74, 6) is -1.97. The number of carbonyl (C=O) groups is 3. The number of allylic oxidation sites excluding steroid dienone is 1. The molecule has 220 valence electrons. The van der Waals surface area contributed by atoms with Gasteiger partial charge in [0.1, 0.15) is 0 Å². The van der Waals surface area contributed by atoms with Crippen LogP contribution in [0.25, 0.3) is 6.08 Å². The third kappa shape index (κ3) is 4.03. The molecule has 0 aliphatic heterocycles. The number of halogens is 1. The van der Waals surface area contributed by atoms with Crippen molar-refractivity contribution in [2.45, 2.75) is 104 Å². The van der Waals surface area contributed by atoms with Crippen LogP contribution in [0.1, 0.15) is 84.9 Å². The van der Waals surface area contributed by atoms with E-state index in [1.807, 2.05) is 24.7 Å². The van der Waals surface area contributed by atoms with Gasteiger partial charge < -0.3 is 14.6 Å². The maximum absolute atomic E-state index is 14.0. The highest BCUT2D eigenvalue weighted by Gasteiger charge is 2.74. The first-order valence-corrected chi connectivity index (χ1v) is 15.3. The Bertz CT molecular complexity index is 1240. The molecule has 9 heteroatoms. The number of aliphatic hydroxyl groups excluding tert-OH is 1. The molecule has 1 N–H and O–H groups in total. The first kappa shape index (κ1) is 29.3. The van der Waals surface area contributed by atoms with Crippen molar-refractivity contribution < 1.29 is 29.0 Å². The van der Waals surface area contributed by atoms with Gasteiger partial charge in [0.15, 0.2) is 12.2 Å². The monoisotopic (exact) mass is 574 g/mol. The number of alkyl halides is 1. The van der Waals surface area contributed by atoms with Crippen LogP contribution >= 0.6 is 11.6 Å². The molecule has 9 atom stereocenters. The van der Waals surface area contributed by atoms with Crippen molar-refractivity contribution in [1.82, 2.24) is 9.78 Å². The molecule has 0 saturated heterocycles. The second kappa shape index (κ2) is 10.3. The van der Waals surface area contributed by atoms with Crippen LogP contribution in [0.2, 0.25) is 0 Å². The van der Waals surface area contributed by atoms with Crippen LogP contribution in [0.3, 0.4) is 0 Å². The Morgan fingerprint density at radius 2 is 1.88 bits per heavy atom. The number of hydrogen-bond donors (Lipinski definition) is 1. The number of ketones is 1. The molecule has 0 aromatic carbocycles. The third-order valence-electron chi connectivity index (χ3n) is 11.0. The molecule has 1 aromatic rings. The van der Waals surface area contributed by atoms with E-state index >= 15 is 0 Å². The van der Waals surface area contributed by atoms with Crippen LogP contribution in [0.4, 0.5) is 0 Å². The predicted octanol–water partition coefficient (Wildman–Crippen LogP) is 4.73. The highest BCUT2D eigenvalue weighted by molar-refractivity contribution is 6.21. The molecule has 5 rings (SSSR count). The van der Waals surface area contributed by atoms with E-state index in [1.54, 1.807) is 13.8 Å². The summed E-state index contributed by atoms with van der Waals surface area (Å²) < 4.78 is 13.5. The number of esters is 2. The van der Waals surface area contributed by atoms with Gasteiger partial charge in [-0.1, -0.05) is 40.2 Å². The zero-order valence-electron chi connectivity index (χ0n) is 24.5. The summed E-state index contributed by atoms with van der Waals surface area (Å²) in [7, 11) is 0. The van der Waals surface area contributed by atoms with E-state index in [0.717, 1.165) is 18.7 Å². The molecule has 0 bridgehead atoms. The van der Waals surface area contributed by atoms with E-state index in [-0.39, 0.29) is 47.3 Å². The quantitative estimate of drug-likeness (QED) is 0.370. The minimum Gasteiger partial charge on any atom is -0.457 e. The minimum absolute atomic E-state index is 0.0629. The highest BCUT2D eigenvalue weighted by Crippen LogP contribution is 2.70. The average Bonchev–Trinajstić information content (AvgIpc) is 3.40. The van der Waals surface area contributed by atoms with Gasteiger partial charge in [-0.2, -0.15) is 5.10 Å². The van der Waals surface area contributed by atoms with E-state index in [0.29, 0.717) is 19.3 Å². The Morgan fingerprint density at radius 3 is 2.52 bits per heavy atom. The number of aliphatic hydroxyl groups is 1. The fourth-order valence-electron chi connectivity index (χ4n) is 9.20. The SMILES string of the molecule is CCC(=O)OCC(=O)[C@@]1(OC(=O)CC)[C@H](C)C[C@H]2[C@H]3[C@H]([C@@H](O)C[C@@]21C)[C@@]1(C)Cc2cnn(CC)c2C=C1C[C@H]3Cl. The molecule has 1 aromatic heterocycles. The van der Waals surface area contributed by atoms with Gasteiger partial charge in [-0.25, -0.2) is 0 Å². The largest absolute Gasteiger partial charge is 0.457 e. The number of carbonyl (C=O) groups excluding carboxylic acids is 3. The smallest absolute Gasteiger partial charge is 0.306 e. The Kier molecular flexibility index (Phi) is 7.52. The Balaban J connectivity index is 1.57. The van der Waals surface area contributed by atoms with Gasteiger partial charge in [-0.15, -0.1) is 11.6 Å². The van der Waals surface area contributed by atoms with Gasteiger partial charge in [0, 0.05) is 36.1 Å². The van der Waals surface area contributed by atoms with E-state index in [4.69, 9.17) is 21.1 Å². The number of aryl methyl sites for hydroxylation is 1. The zero-order valence-corrected chi connectivity index (χ0v) is 25.3. The number of aromatic nitrogens is 2. The maximum Gasteiger partial charge on any atom is 0.306 e. The summed E-state index contributed by atoms with van der Waals surface area (Å²) in [6, 6.07) is 0. The summed E-state index contributed by atoms with van der Waals surface area (Å²) in [6.45, 7) is 11.9. The van der Waals surface area contributed by atoms with E-state index < -0.39 is 41.4 Å². The Labute approximate surface area is 241 Å². The molecule has 3 saturated carbocycles. The van der Waals surface area contributed by atoms with Crippen LogP contribution in [0.5, 0.6) is 0 Å². The lowest BCUT2D eigenvalue weighted by molar-refractivity contribution is -0.207. The van der Waals surface area contributed by atoms with Gasteiger partial charge >= 0.3 is 11.9 Å².